The Labute approximate surface area is 141 Å². The van der Waals surface area contributed by atoms with Crippen LogP contribution in [0.25, 0.3) is 0 Å². The summed E-state index contributed by atoms with van der Waals surface area (Å²) in [6.07, 6.45) is 3.43. The Hall–Kier alpha value is -2.89. The predicted molar refractivity (Wildman–Crippen MR) is 89.0 cm³/mol. The van der Waals surface area contributed by atoms with Crippen molar-refractivity contribution >= 4 is 0 Å². The van der Waals surface area contributed by atoms with E-state index >= 15 is 0 Å². The van der Waals surface area contributed by atoms with Gasteiger partial charge in [-0.2, -0.15) is 10.5 Å². The van der Waals surface area contributed by atoms with Crippen LogP contribution in [0.4, 0.5) is 0 Å². The van der Waals surface area contributed by atoms with Gasteiger partial charge in [0, 0.05) is 24.9 Å². The van der Waals surface area contributed by atoms with E-state index in [9.17, 15) is 10.5 Å². The van der Waals surface area contributed by atoms with Crippen molar-refractivity contribution in [2.75, 3.05) is 20.7 Å². The molecule has 0 spiro atoms. The molecule has 0 N–H and O–H groups in total. The third-order valence-electron chi connectivity index (χ3n) is 4.76. The molecule has 0 aliphatic carbocycles. The average molecular weight is 318 g/mol. The zero-order valence-electron chi connectivity index (χ0n) is 13.7. The van der Waals surface area contributed by atoms with Gasteiger partial charge in [0.15, 0.2) is 5.41 Å². The minimum atomic E-state index is -1.18. The van der Waals surface area contributed by atoms with E-state index in [0.29, 0.717) is 6.54 Å². The zero-order chi connectivity index (χ0) is 17.2. The van der Waals surface area contributed by atoms with Gasteiger partial charge < -0.3 is 4.74 Å². The molecule has 120 valence electrons. The van der Waals surface area contributed by atoms with Crippen molar-refractivity contribution in [3.8, 4) is 17.9 Å². The van der Waals surface area contributed by atoms with Gasteiger partial charge in [-0.3, -0.25) is 9.88 Å². The summed E-state index contributed by atoms with van der Waals surface area (Å²) >= 11 is 0. The molecule has 24 heavy (non-hydrogen) atoms. The highest BCUT2D eigenvalue weighted by atomic mass is 16.5. The number of nitrogens with zero attached hydrogens (tertiary/aromatic N) is 4. The van der Waals surface area contributed by atoms with E-state index < -0.39 is 5.41 Å². The number of pyridine rings is 1. The lowest BCUT2D eigenvalue weighted by Gasteiger charge is -2.28. The lowest BCUT2D eigenvalue weighted by atomic mass is 9.71. The Balaban J connectivity index is 2.12. The highest BCUT2D eigenvalue weighted by Gasteiger charge is 2.55. The zero-order valence-corrected chi connectivity index (χ0v) is 13.7. The highest BCUT2D eigenvalue weighted by Crippen LogP contribution is 2.53. The van der Waals surface area contributed by atoms with E-state index in [4.69, 9.17) is 4.74 Å². The molecule has 1 aliphatic rings. The fourth-order valence-electron chi connectivity index (χ4n) is 3.66. The average Bonchev–Trinajstić information content (AvgIpc) is 2.95. The molecule has 1 saturated heterocycles. The van der Waals surface area contributed by atoms with Crippen LogP contribution in [0.2, 0.25) is 0 Å². The Morgan fingerprint density at radius 1 is 1.21 bits per heavy atom. The van der Waals surface area contributed by atoms with Crippen LogP contribution in [0, 0.1) is 28.1 Å². The number of methoxy groups -OCH3 is 1. The first-order chi connectivity index (χ1) is 11.7. The molecular formula is C19H18N4O. The molecule has 0 saturated carbocycles. The number of aromatic nitrogens is 1. The van der Waals surface area contributed by atoms with Crippen LogP contribution in [0.3, 0.4) is 0 Å². The summed E-state index contributed by atoms with van der Waals surface area (Å²) in [5.74, 6) is 0.502. The molecule has 1 aromatic carbocycles. The van der Waals surface area contributed by atoms with Gasteiger partial charge in [0.05, 0.1) is 25.3 Å². The maximum absolute atomic E-state index is 9.97. The number of benzene rings is 1. The lowest BCUT2D eigenvalue weighted by Crippen LogP contribution is -2.30. The van der Waals surface area contributed by atoms with Gasteiger partial charge >= 0.3 is 0 Å². The second kappa shape index (κ2) is 6.31. The van der Waals surface area contributed by atoms with E-state index in [-0.39, 0.29) is 12.0 Å². The van der Waals surface area contributed by atoms with Crippen LogP contribution in [0.1, 0.15) is 23.1 Å². The Morgan fingerprint density at radius 2 is 1.96 bits per heavy atom. The van der Waals surface area contributed by atoms with E-state index in [1.807, 2.05) is 43.4 Å². The molecule has 3 rings (SSSR count). The molecule has 5 heteroatoms. The topological polar surface area (TPSA) is 72.9 Å². The van der Waals surface area contributed by atoms with Crippen molar-refractivity contribution in [2.45, 2.75) is 12.0 Å². The van der Waals surface area contributed by atoms with Crippen LogP contribution >= 0.6 is 0 Å². The van der Waals surface area contributed by atoms with Gasteiger partial charge in [0.1, 0.15) is 5.75 Å². The van der Waals surface area contributed by atoms with Crippen molar-refractivity contribution in [1.82, 2.24) is 9.88 Å². The molecule has 2 aromatic rings. The summed E-state index contributed by atoms with van der Waals surface area (Å²) in [5, 5.41) is 19.9. The molecule has 0 radical (unpaired) electrons. The van der Waals surface area contributed by atoms with Crippen molar-refractivity contribution in [3.05, 3.63) is 59.9 Å². The molecule has 1 aliphatic heterocycles. The number of hydrogen-bond donors (Lipinski definition) is 0. The molecule has 0 bridgehead atoms. The third-order valence-corrected chi connectivity index (χ3v) is 4.76. The van der Waals surface area contributed by atoms with Crippen molar-refractivity contribution in [1.29, 1.82) is 10.5 Å². The van der Waals surface area contributed by atoms with Crippen LogP contribution < -0.4 is 4.74 Å². The second-order valence-corrected chi connectivity index (χ2v) is 6.05. The van der Waals surface area contributed by atoms with Gasteiger partial charge in [-0.05, 0) is 36.4 Å². The smallest absolute Gasteiger partial charge is 0.171 e. The van der Waals surface area contributed by atoms with Gasteiger partial charge in [-0.1, -0.05) is 18.2 Å². The fourth-order valence-corrected chi connectivity index (χ4v) is 3.66. The lowest BCUT2D eigenvalue weighted by molar-refractivity contribution is 0.267. The molecule has 1 fully saturated rings. The van der Waals surface area contributed by atoms with Gasteiger partial charge in [0.25, 0.3) is 0 Å². The van der Waals surface area contributed by atoms with Crippen molar-refractivity contribution in [3.63, 3.8) is 0 Å². The minimum Gasteiger partial charge on any atom is -0.497 e. The van der Waals surface area contributed by atoms with E-state index in [1.54, 1.807) is 19.5 Å². The molecular weight excluding hydrogens is 300 g/mol. The predicted octanol–water partition coefficient (Wildman–Crippen LogP) is 2.89. The van der Waals surface area contributed by atoms with Gasteiger partial charge in [-0.25, -0.2) is 0 Å². The quantitative estimate of drug-likeness (QED) is 0.870. The monoisotopic (exact) mass is 318 g/mol. The molecule has 5 nitrogen and oxygen atoms in total. The number of likely N-dealkylation sites (tertiary alicyclic amines) is 1. The highest BCUT2D eigenvalue weighted by molar-refractivity contribution is 5.42. The third kappa shape index (κ3) is 2.40. The maximum atomic E-state index is 9.97. The number of nitriles is 2. The maximum Gasteiger partial charge on any atom is 0.171 e. The van der Waals surface area contributed by atoms with Crippen molar-refractivity contribution in [2.24, 2.45) is 5.41 Å². The normalized spacial score (nSPS) is 22.5. The standard InChI is InChI=1S/C19H18N4O/c1-23-11-17(14-5-3-7-16(9-14)24-2)19(12-20,13-21)18(23)15-6-4-8-22-10-15/h3-10,17-18H,11H2,1-2H3/t17-,18+/m0/s1. The number of hydrogen-bond acceptors (Lipinski definition) is 5. The molecule has 2 heterocycles. The van der Waals surface area contributed by atoms with Crippen LogP contribution in [0.5, 0.6) is 5.75 Å². The molecule has 2 atom stereocenters. The van der Waals surface area contributed by atoms with Crippen LogP contribution in [0.15, 0.2) is 48.8 Å². The van der Waals surface area contributed by atoms with E-state index in [1.165, 1.54) is 0 Å². The van der Waals surface area contributed by atoms with Crippen LogP contribution in [-0.4, -0.2) is 30.6 Å². The Bertz CT molecular complexity index is 792. The van der Waals surface area contributed by atoms with E-state index in [0.717, 1.165) is 16.9 Å². The fraction of sp³-hybridized carbons (Fsp3) is 0.316. The van der Waals surface area contributed by atoms with Gasteiger partial charge in [0.2, 0.25) is 0 Å². The van der Waals surface area contributed by atoms with Gasteiger partial charge in [-0.15, -0.1) is 0 Å². The molecule has 0 amide bonds. The minimum absolute atomic E-state index is 0.224. The largest absolute Gasteiger partial charge is 0.497 e. The molecule has 0 unspecified atom stereocenters. The summed E-state index contributed by atoms with van der Waals surface area (Å²) in [4.78, 5) is 6.22. The summed E-state index contributed by atoms with van der Waals surface area (Å²) in [6.45, 7) is 0.619. The Kier molecular flexibility index (Phi) is 4.20. The second-order valence-electron chi connectivity index (χ2n) is 6.05. The van der Waals surface area contributed by atoms with Crippen molar-refractivity contribution < 1.29 is 4.74 Å². The van der Waals surface area contributed by atoms with Crippen LogP contribution in [-0.2, 0) is 0 Å². The Morgan fingerprint density at radius 3 is 2.58 bits per heavy atom. The number of rotatable bonds is 3. The summed E-state index contributed by atoms with van der Waals surface area (Å²) in [5.41, 5.74) is 0.647. The van der Waals surface area contributed by atoms with E-state index in [2.05, 4.69) is 22.0 Å². The SMILES string of the molecule is COc1cccc([C@@H]2CN(C)[C@H](c3cccnc3)C2(C#N)C#N)c1. The summed E-state index contributed by atoms with van der Waals surface area (Å²) in [7, 11) is 3.56. The summed E-state index contributed by atoms with van der Waals surface area (Å²) in [6, 6.07) is 15.7. The first kappa shape index (κ1) is 16.0. The first-order valence-electron chi connectivity index (χ1n) is 7.73. The first-order valence-corrected chi connectivity index (χ1v) is 7.73. The number of likely N-dealkylation sites (N-methyl/N-ethyl adjacent to an activating group) is 1. The molecule has 1 aromatic heterocycles. The number of ether oxygens (including phenoxy) is 1. The summed E-state index contributed by atoms with van der Waals surface area (Å²) < 4.78 is 5.30.